The third-order valence-corrected chi connectivity index (χ3v) is 2.48. The van der Waals surface area contributed by atoms with Gasteiger partial charge in [0.1, 0.15) is 0 Å². The Bertz CT molecular complexity index is 669. The van der Waals surface area contributed by atoms with E-state index in [1.165, 1.54) is 6.34 Å². The van der Waals surface area contributed by atoms with E-state index < -0.39 is 0 Å². The fraction of sp³-hybridized carbons (Fsp3) is 0.214. The first-order valence-corrected chi connectivity index (χ1v) is 5.80. The molecule has 0 aliphatic heterocycles. The maximum absolute atomic E-state index is 4.03. The van der Waals surface area contributed by atoms with Gasteiger partial charge in [0.15, 0.2) is 11.8 Å². The van der Waals surface area contributed by atoms with Gasteiger partial charge in [0.25, 0.3) is 0 Å². The van der Waals surface area contributed by atoms with Crippen LogP contribution in [0.5, 0.6) is 0 Å². The minimum absolute atomic E-state index is 0. The lowest BCUT2D eigenvalue weighted by atomic mass is 10.4. The lowest BCUT2D eigenvalue weighted by molar-refractivity contribution is -0.658. The average molecular weight is 271 g/mol. The summed E-state index contributed by atoms with van der Waals surface area (Å²) in [5.41, 5.74) is 0.749. The van der Waals surface area contributed by atoms with Crippen LogP contribution >= 0.6 is 0 Å². The molecule has 6 nitrogen and oxygen atoms in total. The Morgan fingerprint density at radius 1 is 1.15 bits per heavy atom. The van der Waals surface area contributed by atoms with Crippen LogP contribution in [0.15, 0.2) is 69.2 Å². The number of hydrogen-bond donors (Lipinski definition) is 0. The minimum Gasteiger partial charge on any atom is -0.335 e. The fourth-order valence-corrected chi connectivity index (χ4v) is 1.43. The van der Waals surface area contributed by atoms with Gasteiger partial charge in [-0.3, -0.25) is 0 Å². The highest BCUT2D eigenvalue weighted by Gasteiger charge is 2.01. The molecule has 0 saturated carbocycles. The molecular formula is C14H19N6+. The number of nitrogens with zero attached hydrogens (tertiary/aromatic N) is 6. The summed E-state index contributed by atoms with van der Waals surface area (Å²) >= 11 is 0. The number of aromatic nitrogens is 2. The molecule has 0 aromatic carbocycles. The Labute approximate surface area is 118 Å². The summed E-state index contributed by atoms with van der Waals surface area (Å²) in [5, 5.41) is 15.8. The van der Waals surface area contributed by atoms with Crippen LogP contribution in [-0.4, -0.2) is 10.9 Å². The van der Waals surface area contributed by atoms with E-state index in [0.29, 0.717) is 0 Å². The van der Waals surface area contributed by atoms with Crippen LogP contribution in [0.3, 0.4) is 0 Å². The molecule has 2 aromatic heterocycles. The Balaban J connectivity index is 0.00000200. The van der Waals surface area contributed by atoms with E-state index in [-0.39, 0.29) is 7.43 Å². The monoisotopic (exact) mass is 271 g/mol. The number of aryl methyl sites for hydroxylation is 2. The molecule has 0 aliphatic carbocycles. The second-order valence-corrected chi connectivity index (χ2v) is 3.89. The van der Waals surface area contributed by atoms with Crippen LogP contribution in [0.2, 0.25) is 0 Å². The highest BCUT2D eigenvalue weighted by Crippen LogP contribution is 2.01. The molecule has 6 heteroatoms. The number of azo groups is 1. The molecule has 20 heavy (non-hydrogen) atoms. The average Bonchev–Trinajstić information content (AvgIpc) is 2.42. The maximum atomic E-state index is 4.03. The molecular weight excluding hydrogens is 252 g/mol. The van der Waals surface area contributed by atoms with Gasteiger partial charge in [-0.05, 0) is 23.3 Å². The molecule has 104 valence electrons. The van der Waals surface area contributed by atoms with Gasteiger partial charge in [-0.15, -0.1) is 10.2 Å². The molecule has 2 heterocycles. The fourth-order valence-electron chi connectivity index (χ4n) is 1.43. The second-order valence-electron chi connectivity index (χ2n) is 3.89. The molecule has 2 rings (SSSR count). The molecule has 0 aliphatic rings. The summed E-state index contributed by atoms with van der Waals surface area (Å²) in [7, 11) is 3.81. The molecule has 0 spiro atoms. The first kappa shape index (κ1) is 15.4. The number of rotatable bonds is 3. The summed E-state index contributed by atoms with van der Waals surface area (Å²) in [6.07, 6.45) is 5.12. The summed E-state index contributed by atoms with van der Waals surface area (Å²) in [5.74, 6) is 0.749. The van der Waals surface area contributed by atoms with E-state index in [2.05, 4.69) is 20.4 Å². The molecule has 0 unspecified atom stereocenters. The molecule has 0 radical (unpaired) electrons. The van der Waals surface area contributed by atoms with E-state index in [1.807, 2.05) is 72.0 Å². The first-order chi connectivity index (χ1) is 9.27. The Morgan fingerprint density at radius 3 is 2.70 bits per heavy atom. The van der Waals surface area contributed by atoms with E-state index in [9.17, 15) is 0 Å². The summed E-state index contributed by atoms with van der Waals surface area (Å²) in [6.45, 7) is 0. The van der Waals surface area contributed by atoms with Crippen molar-refractivity contribution in [1.82, 2.24) is 4.57 Å². The van der Waals surface area contributed by atoms with Gasteiger partial charge in [-0.25, -0.2) is 4.57 Å². The van der Waals surface area contributed by atoms with Crippen LogP contribution in [0.25, 0.3) is 0 Å². The molecule has 0 amide bonds. The molecule has 0 bridgehead atoms. The van der Waals surface area contributed by atoms with Crippen molar-refractivity contribution in [2.24, 2.45) is 34.5 Å². The predicted octanol–water partition coefficient (Wildman–Crippen LogP) is 2.11. The van der Waals surface area contributed by atoms with Crippen molar-refractivity contribution in [2.75, 3.05) is 0 Å². The molecule has 0 atom stereocenters. The SMILES string of the molecule is C.Cn1ccccc1=NN=CN=Nc1cccc[n+]1C. The third kappa shape index (κ3) is 4.24. The van der Waals surface area contributed by atoms with Crippen molar-refractivity contribution in [1.29, 1.82) is 0 Å². The number of pyridine rings is 2. The highest BCUT2D eigenvalue weighted by molar-refractivity contribution is 5.54. The van der Waals surface area contributed by atoms with Gasteiger partial charge >= 0.3 is 5.82 Å². The molecule has 0 saturated heterocycles. The van der Waals surface area contributed by atoms with Gasteiger partial charge in [0.2, 0.25) is 0 Å². The zero-order valence-electron chi connectivity index (χ0n) is 10.9. The van der Waals surface area contributed by atoms with Crippen molar-refractivity contribution < 1.29 is 4.57 Å². The summed E-state index contributed by atoms with van der Waals surface area (Å²) in [6, 6.07) is 11.4. The number of hydrogen-bond acceptors (Lipinski definition) is 3. The van der Waals surface area contributed by atoms with Crippen LogP contribution in [0, 0.1) is 0 Å². The Kier molecular flexibility index (Phi) is 5.96. The van der Waals surface area contributed by atoms with Crippen molar-refractivity contribution in [3.05, 3.63) is 54.3 Å². The normalized spacial score (nSPS) is 12.0. The van der Waals surface area contributed by atoms with Crippen molar-refractivity contribution >= 4 is 12.2 Å². The topological polar surface area (TPSA) is 58.2 Å². The van der Waals surface area contributed by atoms with Crippen molar-refractivity contribution in [2.45, 2.75) is 7.43 Å². The Hall–Kier alpha value is -2.63. The van der Waals surface area contributed by atoms with Gasteiger partial charge in [-0.1, -0.05) is 19.6 Å². The lowest BCUT2D eigenvalue weighted by Crippen LogP contribution is -2.26. The van der Waals surface area contributed by atoms with Gasteiger partial charge in [0.05, 0.1) is 18.4 Å². The molecule has 0 N–H and O–H groups in total. The van der Waals surface area contributed by atoms with Gasteiger partial charge in [-0.2, -0.15) is 0 Å². The van der Waals surface area contributed by atoms with Crippen LogP contribution in [0.4, 0.5) is 5.82 Å². The van der Waals surface area contributed by atoms with E-state index in [1.54, 1.807) is 0 Å². The second kappa shape index (κ2) is 7.73. The molecule has 0 fully saturated rings. The van der Waals surface area contributed by atoms with Crippen molar-refractivity contribution in [3.63, 3.8) is 0 Å². The zero-order valence-corrected chi connectivity index (χ0v) is 10.9. The van der Waals surface area contributed by atoms with E-state index >= 15 is 0 Å². The Morgan fingerprint density at radius 2 is 1.95 bits per heavy atom. The largest absolute Gasteiger partial charge is 0.350 e. The predicted molar refractivity (Wildman–Crippen MR) is 78.3 cm³/mol. The minimum atomic E-state index is 0. The highest BCUT2D eigenvalue weighted by atomic mass is 15.3. The third-order valence-electron chi connectivity index (χ3n) is 2.48. The summed E-state index contributed by atoms with van der Waals surface area (Å²) < 4.78 is 3.73. The van der Waals surface area contributed by atoms with E-state index in [4.69, 9.17) is 0 Å². The maximum Gasteiger partial charge on any atom is 0.350 e. The molecule has 2 aromatic rings. The standard InChI is InChI=1S/C13H15N6.CH4/c1-18-9-5-3-7-12(18)16-14-11-15-17-13-8-4-6-10-19(13)2;/h3-11H,1-2H3;1H4/q+1;. The van der Waals surface area contributed by atoms with E-state index in [0.717, 1.165) is 11.3 Å². The quantitative estimate of drug-likeness (QED) is 0.270. The van der Waals surface area contributed by atoms with Gasteiger partial charge in [0, 0.05) is 19.3 Å². The van der Waals surface area contributed by atoms with Gasteiger partial charge < -0.3 is 4.57 Å². The van der Waals surface area contributed by atoms with Crippen LogP contribution < -0.4 is 10.1 Å². The lowest BCUT2D eigenvalue weighted by Gasteiger charge is -1.94. The van der Waals surface area contributed by atoms with Crippen molar-refractivity contribution in [3.8, 4) is 0 Å². The van der Waals surface area contributed by atoms with Crippen LogP contribution in [0.1, 0.15) is 7.43 Å². The van der Waals surface area contributed by atoms with Crippen LogP contribution in [-0.2, 0) is 14.1 Å². The zero-order chi connectivity index (χ0) is 13.5. The smallest absolute Gasteiger partial charge is 0.335 e. The first-order valence-electron chi connectivity index (χ1n) is 5.80. The summed E-state index contributed by atoms with van der Waals surface area (Å²) in [4.78, 5) is 0.